The molecule has 0 saturated carbocycles. The van der Waals surface area contributed by atoms with Crippen molar-refractivity contribution in [1.29, 1.82) is 0 Å². The third-order valence-corrected chi connectivity index (χ3v) is 6.90. The van der Waals surface area contributed by atoms with Gasteiger partial charge in [-0.2, -0.15) is 0 Å². The summed E-state index contributed by atoms with van der Waals surface area (Å²) >= 11 is 0. The van der Waals surface area contributed by atoms with Gasteiger partial charge in [0.25, 0.3) is 0 Å². The molecule has 0 aliphatic carbocycles. The van der Waals surface area contributed by atoms with Crippen molar-refractivity contribution in [2.45, 2.75) is 39.8 Å². The molecule has 0 atom stereocenters. The molecule has 0 aliphatic rings. The second kappa shape index (κ2) is 7.06. The normalized spacial score (nSPS) is 11.9. The van der Waals surface area contributed by atoms with E-state index >= 15 is 0 Å². The molecule has 21 heavy (non-hydrogen) atoms. The van der Waals surface area contributed by atoms with Gasteiger partial charge in [0.2, 0.25) is 0 Å². The number of hydrogen-bond acceptors (Lipinski definition) is 1. The van der Waals surface area contributed by atoms with E-state index in [2.05, 4.69) is 93.4 Å². The first-order valence-electron chi connectivity index (χ1n) is 7.55. The molecule has 0 radical (unpaired) electrons. The summed E-state index contributed by atoms with van der Waals surface area (Å²) in [6.07, 6.45) is 0. The van der Waals surface area contributed by atoms with Gasteiger partial charge in [0.05, 0.1) is 7.21 Å². The molecule has 2 nitrogen and oxygen atoms in total. The zero-order valence-corrected chi connectivity index (χ0v) is 14.2. The average Bonchev–Trinajstić information content (AvgIpc) is 2.47. The van der Waals surface area contributed by atoms with E-state index in [4.69, 9.17) is 4.74 Å². The lowest BCUT2D eigenvalue weighted by molar-refractivity contribution is 0.753. The van der Waals surface area contributed by atoms with Gasteiger partial charge in [0.1, 0.15) is 0 Å². The minimum absolute atomic E-state index is 0.282. The summed E-state index contributed by atoms with van der Waals surface area (Å²) in [5.41, 5.74) is 0. The van der Waals surface area contributed by atoms with E-state index in [0.717, 1.165) is 0 Å². The van der Waals surface area contributed by atoms with Gasteiger partial charge in [0.15, 0.2) is 0 Å². The van der Waals surface area contributed by atoms with Gasteiger partial charge >= 0.3 is 0 Å². The van der Waals surface area contributed by atoms with Crippen molar-refractivity contribution in [1.82, 2.24) is 5.09 Å². The fourth-order valence-corrected chi connectivity index (χ4v) is 6.05. The Morgan fingerprint density at radius 2 is 1.19 bits per heavy atom. The minimum atomic E-state index is -1.94. The molecule has 0 spiro atoms. The Kier molecular flexibility index (Phi) is 5.39. The molecule has 0 aromatic heterocycles. The number of nitrogens with one attached hydrogen (secondary N) is 1. The summed E-state index contributed by atoms with van der Waals surface area (Å²) < 4.78 is 5.19. The Balaban J connectivity index is 2.72. The summed E-state index contributed by atoms with van der Waals surface area (Å²) in [6.45, 7) is 8.69. The number of hydrogen-bond donors (Lipinski definition) is 1. The quantitative estimate of drug-likeness (QED) is 0.824. The second-order valence-corrected chi connectivity index (χ2v) is 8.59. The predicted octanol–water partition coefficient (Wildman–Crippen LogP) is 4.16. The van der Waals surface area contributed by atoms with Gasteiger partial charge < -0.3 is 0 Å². The van der Waals surface area contributed by atoms with Gasteiger partial charge in [-0.1, -0.05) is 60.7 Å². The van der Waals surface area contributed by atoms with Crippen LogP contribution in [-0.2, 0) is 0 Å². The van der Waals surface area contributed by atoms with E-state index in [1.807, 2.05) is 0 Å². The maximum Gasteiger partial charge on any atom is 0.0867 e. The molecule has 2 rings (SSSR count). The summed E-state index contributed by atoms with van der Waals surface area (Å²) in [5.74, 6) is 0. The highest BCUT2D eigenvalue weighted by molar-refractivity contribution is 7.79. The van der Waals surface area contributed by atoms with Crippen LogP contribution < -0.4 is 15.7 Å². The van der Waals surface area contributed by atoms with E-state index in [1.165, 1.54) is 10.6 Å². The van der Waals surface area contributed by atoms with Crippen molar-refractivity contribution < 1.29 is 0 Å². The topological polar surface area (TPSA) is 24.4 Å². The Bertz CT molecular complexity index is 560. The van der Waals surface area contributed by atoms with Gasteiger partial charge in [-0.15, -0.1) is 0 Å². The average molecular weight is 300 g/mol. The molecule has 0 aliphatic heterocycles. The fourth-order valence-electron chi connectivity index (χ4n) is 2.47. The van der Waals surface area contributed by atoms with Crippen LogP contribution in [-0.4, -0.2) is 12.1 Å². The first-order chi connectivity index (χ1) is 10.0. The first kappa shape index (κ1) is 16.0. The Hall–Kier alpha value is -1.37. The molecule has 2 aromatic rings. The zero-order valence-electron chi connectivity index (χ0n) is 13.3. The van der Waals surface area contributed by atoms with Crippen LogP contribution >= 0.6 is 7.21 Å². The highest BCUT2D eigenvalue weighted by atomic mass is 31.2. The Labute approximate surface area is 128 Å². The monoisotopic (exact) mass is 300 g/mol. The van der Waals surface area contributed by atoms with Gasteiger partial charge in [-0.3, -0.25) is 9.83 Å². The van der Waals surface area contributed by atoms with Crippen molar-refractivity contribution in [3.8, 4) is 0 Å². The van der Waals surface area contributed by atoms with Crippen LogP contribution in [0.15, 0.2) is 65.4 Å². The van der Waals surface area contributed by atoms with Crippen LogP contribution in [0.1, 0.15) is 27.7 Å². The van der Waals surface area contributed by atoms with E-state index in [0.29, 0.717) is 6.04 Å². The first-order valence-corrected chi connectivity index (χ1v) is 9.29. The third kappa shape index (κ3) is 3.84. The minimum Gasteiger partial charge on any atom is -0.276 e. The Morgan fingerprint density at radius 3 is 1.52 bits per heavy atom. The number of rotatable bonds is 5. The molecular formula is C18H25N2P. The number of benzene rings is 2. The lowest BCUT2D eigenvalue weighted by Crippen LogP contribution is -2.32. The maximum atomic E-state index is 5.19. The molecule has 1 N–H and O–H groups in total. The summed E-state index contributed by atoms with van der Waals surface area (Å²) in [6, 6.07) is 22.0. The van der Waals surface area contributed by atoms with Gasteiger partial charge in [-0.05, 0) is 27.7 Å². The lowest BCUT2D eigenvalue weighted by atomic mass is 10.4. The van der Waals surface area contributed by atoms with E-state index < -0.39 is 7.21 Å². The largest absolute Gasteiger partial charge is 0.276 e. The van der Waals surface area contributed by atoms with Crippen molar-refractivity contribution in [2.75, 3.05) is 0 Å². The summed E-state index contributed by atoms with van der Waals surface area (Å²) in [7, 11) is -1.94. The van der Waals surface area contributed by atoms with E-state index in [9.17, 15) is 0 Å². The molecule has 0 heterocycles. The molecule has 0 fully saturated rings. The zero-order chi connectivity index (χ0) is 15.3. The van der Waals surface area contributed by atoms with Crippen LogP contribution in [0.2, 0.25) is 0 Å². The standard InChI is InChI=1S/C18H25N2P/c1-15(2)19-21(20-16(3)4,17-11-7-5-8-12-17)18-13-9-6-10-14-18/h5-16,19H,1-4H3. The highest BCUT2D eigenvalue weighted by Gasteiger charge is 2.25. The molecule has 0 saturated heterocycles. The predicted molar refractivity (Wildman–Crippen MR) is 94.9 cm³/mol. The van der Waals surface area contributed by atoms with Crippen LogP contribution in [0, 0.1) is 0 Å². The van der Waals surface area contributed by atoms with Crippen LogP contribution in [0.5, 0.6) is 0 Å². The lowest BCUT2D eigenvalue weighted by Gasteiger charge is -2.30. The van der Waals surface area contributed by atoms with Gasteiger partial charge in [-0.25, -0.2) is 0 Å². The van der Waals surface area contributed by atoms with Crippen molar-refractivity contribution in [2.24, 2.45) is 4.74 Å². The molecule has 0 amide bonds. The molecule has 0 bridgehead atoms. The molecule has 3 heteroatoms. The summed E-state index contributed by atoms with van der Waals surface area (Å²) in [5, 5.41) is 6.38. The highest BCUT2D eigenvalue weighted by Crippen LogP contribution is 2.44. The molecule has 112 valence electrons. The van der Waals surface area contributed by atoms with Crippen molar-refractivity contribution in [3.05, 3.63) is 60.7 Å². The van der Waals surface area contributed by atoms with Crippen LogP contribution in [0.3, 0.4) is 0 Å². The van der Waals surface area contributed by atoms with Gasteiger partial charge in [0, 0.05) is 22.7 Å². The summed E-state index contributed by atoms with van der Waals surface area (Å²) in [4.78, 5) is 0. The van der Waals surface area contributed by atoms with E-state index in [1.54, 1.807) is 0 Å². The molecule has 0 unspecified atom stereocenters. The van der Waals surface area contributed by atoms with E-state index in [-0.39, 0.29) is 6.04 Å². The van der Waals surface area contributed by atoms with Crippen LogP contribution in [0.25, 0.3) is 0 Å². The SMILES string of the molecule is CC(C)N=P(NC(C)C)(c1ccccc1)c1ccccc1. The Morgan fingerprint density at radius 1 is 0.762 bits per heavy atom. The van der Waals surface area contributed by atoms with Crippen molar-refractivity contribution in [3.63, 3.8) is 0 Å². The third-order valence-electron chi connectivity index (χ3n) is 3.11. The molecular weight excluding hydrogens is 275 g/mol. The number of nitrogens with zero attached hydrogens (tertiary/aromatic N) is 1. The van der Waals surface area contributed by atoms with Crippen LogP contribution in [0.4, 0.5) is 0 Å². The van der Waals surface area contributed by atoms with Crippen molar-refractivity contribution >= 4 is 17.8 Å². The maximum absolute atomic E-state index is 5.19. The fraction of sp³-hybridized carbons (Fsp3) is 0.333. The smallest absolute Gasteiger partial charge is 0.0867 e. The molecule has 2 aromatic carbocycles. The second-order valence-electron chi connectivity index (χ2n) is 5.80.